The number of rotatable bonds is 2. The molecule has 0 saturated carbocycles. The van der Waals surface area contributed by atoms with Gasteiger partial charge in [0, 0.05) is 17.0 Å². The summed E-state index contributed by atoms with van der Waals surface area (Å²) in [6.07, 6.45) is -4.51. The summed E-state index contributed by atoms with van der Waals surface area (Å²) in [6, 6.07) is 7.76. The molecule has 28 heavy (non-hydrogen) atoms. The van der Waals surface area contributed by atoms with Gasteiger partial charge < -0.3 is 14.6 Å². The van der Waals surface area contributed by atoms with Gasteiger partial charge in [-0.2, -0.15) is 13.2 Å². The van der Waals surface area contributed by atoms with Gasteiger partial charge in [-0.25, -0.2) is 9.78 Å². The van der Waals surface area contributed by atoms with Crippen molar-refractivity contribution in [2.45, 2.75) is 13.1 Å². The predicted molar refractivity (Wildman–Crippen MR) is 94.9 cm³/mol. The molecule has 144 valence electrons. The monoisotopic (exact) mass is 389 g/mol. The number of alkyl halides is 3. The minimum absolute atomic E-state index is 0.0330. The Bertz CT molecular complexity index is 1110. The van der Waals surface area contributed by atoms with Crippen LogP contribution in [0.4, 0.5) is 13.2 Å². The molecule has 1 aromatic heterocycles. The number of nitrogens with zero attached hydrogens (tertiary/aromatic N) is 1. The molecule has 8 heteroatoms. The Morgan fingerprint density at radius 3 is 2.43 bits per heavy atom. The number of hydrogen-bond acceptors (Lipinski definition) is 4. The maximum atomic E-state index is 13.1. The molecule has 3 aromatic rings. The van der Waals surface area contributed by atoms with E-state index in [1.807, 2.05) is 0 Å². The van der Waals surface area contributed by atoms with Crippen molar-refractivity contribution in [3.8, 4) is 22.8 Å². The molecular weight excluding hydrogens is 375 g/mol. The Morgan fingerprint density at radius 2 is 1.79 bits per heavy atom. The Morgan fingerprint density at radius 1 is 1.11 bits per heavy atom. The zero-order valence-electron chi connectivity index (χ0n) is 14.6. The third-order valence-electron chi connectivity index (χ3n) is 4.57. The van der Waals surface area contributed by atoms with Crippen LogP contribution >= 0.6 is 0 Å². The second kappa shape index (κ2) is 6.40. The van der Waals surface area contributed by atoms with Gasteiger partial charge in [-0.3, -0.25) is 0 Å². The minimum Gasteiger partial charge on any atom is -0.486 e. The molecule has 4 rings (SSSR count). The number of benzene rings is 2. The highest BCUT2D eigenvalue weighted by atomic mass is 19.4. The Hall–Kier alpha value is -3.29. The SMILES string of the molecule is Cc1c(-c2cccc(C(F)(F)F)c2)nc2cc3c(cc2c1C(=O)O)OCCO3. The number of aromatic carboxylic acids is 1. The number of fused-ring (bicyclic) bond motifs is 2. The average Bonchev–Trinajstić information content (AvgIpc) is 2.65. The molecule has 1 aliphatic rings. The maximum Gasteiger partial charge on any atom is 0.416 e. The molecule has 0 bridgehead atoms. The molecule has 0 saturated heterocycles. The second-order valence-corrected chi connectivity index (χ2v) is 6.36. The first-order chi connectivity index (χ1) is 13.3. The van der Waals surface area contributed by atoms with Crippen molar-refractivity contribution in [3.63, 3.8) is 0 Å². The van der Waals surface area contributed by atoms with Crippen LogP contribution in [0.15, 0.2) is 36.4 Å². The molecule has 0 unspecified atom stereocenters. The van der Waals surface area contributed by atoms with Crippen LogP contribution in [0.3, 0.4) is 0 Å². The molecule has 0 spiro atoms. The van der Waals surface area contributed by atoms with Crippen molar-refractivity contribution in [2.75, 3.05) is 13.2 Å². The van der Waals surface area contributed by atoms with E-state index in [9.17, 15) is 23.1 Å². The van der Waals surface area contributed by atoms with Gasteiger partial charge in [0.15, 0.2) is 11.5 Å². The minimum atomic E-state index is -4.51. The molecule has 1 aliphatic heterocycles. The molecule has 5 nitrogen and oxygen atoms in total. The largest absolute Gasteiger partial charge is 0.486 e. The number of carbonyl (C=O) groups is 1. The van der Waals surface area contributed by atoms with E-state index in [1.54, 1.807) is 12.1 Å². The highest BCUT2D eigenvalue weighted by Gasteiger charge is 2.31. The number of halogens is 3. The first-order valence-electron chi connectivity index (χ1n) is 8.40. The van der Waals surface area contributed by atoms with Gasteiger partial charge in [0.25, 0.3) is 0 Å². The number of pyridine rings is 1. The molecule has 1 N–H and O–H groups in total. The van der Waals surface area contributed by atoms with Gasteiger partial charge >= 0.3 is 12.1 Å². The van der Waals surface area contributed by atoms with Crippen LogP contribution in [0.2, 0.25) is 0 Å². The summed E-state index contributed by atoms with van der Waals surface area (Å²) in [6.45, 7) is 2.22. The molecule has 0 aliphatic carbocycles. The van der Waals surface area contributed by atoms with Crippen molar-refractivity contribution < 1.29 is 32.5 Å². The average molecular weight is 389 g/mol. The Labute approximate surface area is 157 Å². The first kappa shape index (κ1) is 18.1. The van der Waals surface area contributed by atoms with Crippen LogP contribution in [-0.2, 0) is 6.18 Å². The molecule has 2 aromatic carbocycles. The Balaban J connectivity index is 2.00. The van der Waals surface area contributed by atoms with Gasteiger partial charge in [-0.1, -0.05) is 12.1 Å². The van der Waals surface area contributed by atoms with E-state index in [1.165, 1.54) is 19.1 Å². The van der Waals surface area contributed by atoms with E-state index in [-0.39, 0.29) is 22.4 Å². The third kappa shape index (κ3) is 3.00. The Kier molecular flexibility index (Phi) is 4.14. The normalized spacial score (nSPS) is 13.6. The van der Waals surface area contributed by atoms with Crippen molar-refractivity contribution >= 4 is 16.9 Å². The predicted octanol–water partition coefficient (Wildman–Crippen LogP) is 4.70. The van der Waals surface area contributed by atoms with Crippen molar-refractivity contribution in [3.05, 3.63) is 53.1 Å². The lowest BCUT2D eigenvalue weighted by Crippen LogP contribution is -2.15. The van der Waals surface area contributed by atoms with E-state index in [2.05, 4.69) is 4.98 Å². The number of aromatic nitrogens is 1. The zero-order valence-corrected chi connectivity index (χ0v) is 14.6. The molecular formula is C20H14F3NO4. The first-order valence-corrected chi connectivity index (χ1v) is 8.40. The van der Waals surface area contributed by atoms with Crippen LogP contribution in [0.1, 0.15) is 21.5 Å². The lowest BCUT2D eigenvalue weighted by atomic mass is 9.96. The number of carboxylic acid groups (broad SMARTS) is 1. The van der Waals surface area contributed by atoms with Gasteiger partial charge in [0.2, 0.25) is 0 Å². The summed E-state index contributed by atoms with van der Waals surface area (Å²) in [5, 5.41) is 10.1. The second-order valence-electron chi connectivity index (χ2n) is 6.36. The van der Waals surface area contributed by atoms with E-state index in [4.69, 9.17) is 9.47 Å². The quantitative estimate of drug-likeness (QED) is 0.688. The van der Waals surface area contributed by atoms with E-state index in [0.717, 1.165) is 12.1 Å². The van der Waals surface area contributed by atoms with Crippen LogP contribution in [0, 0.1) is 6.92 Å². The van der Waals surface area contributed by atoms with Crippen LogP contribution in [0.25, 0.3) is 22.2 Å². The topological polar surface area (TPSA) is 68.7 Å². The highest BCUT2D eigenvalue weighted by Crippen LogP contribution is 2.39. The van der Waals surface area contributed by atoms with Gasteiger partial charge in [-0.15, -0.1) is 0 Å². The highest BCUT2D eigenvalue weighted by molar-refractivity contribution is 6.06. The van der Waals surface area contributed by atoms with E-state index < -0.39 is 17.7 Å². The summed E-state index contributed by atoms with van der Waals surface area (Å²) in [5.41, 5.74) is 0.0784. The van der Waals surface area contributed by atoms with Gasteiger partial charge in [0.05, 0.1) is 22.3 Å². The van der Waals surface area contributed by atoms with Gasteiger partial charge in [-0.05, 0) is 30.7 Å². The summed E-state index contributed by atoms with van der Waals surface area (Å²) in [5.74, 6) is -0.370. The molecule has 0 amide bonds. The van der Waals surface area contributed by atoms with Crippen molar-refractivity contribution in [1.29, 1.82) is 0 Å². The van der Waals surface area contributed by atoms with Gasteiger partial charge in [0.1, 0.15) is 13.2 Å². The molecule has 0 radical (unpaired) electrons. The van der Waals surface area contributed by atoms with Crippen molar-refractivity contribution in [2.24, 2.45) is 0 Å². The van der Waals surface area contributed by atoms with Crippen LogP contribution in [-0.4, -0.2) is 29.3 Å². The molecule has 0 fully saturated rings. The van der Waals surface area contributed by atoms with E-state index in [0.29, 0.717) is 35.6 Å². The lowest BCUT2D eigenvalue weighted by Gasteiger charge is -2.20. The van der Waals surface area contributed by atoms with Crippen molar-refractivity contribution in [1.82, 2.24) is 4.98 Å². The fraction of sp³-hybridized carbons (Fsp3) is 0.200. The van der Waals surface area contributed by atoms with E-state index >= 15 is 0 Å². The summed E-state index contributed by atoms with van der Waals surface area (Å²) >= 11 is 0. The number of hydrogen-bond donors (Lipinski definition) is 1. The summed E-state index contributed by atoms with van der Waals surface area (Å²) in [7, 11) is 0. The third-order valence-corrected chi connectivity index (χ3v) is 4.57. The zero-order chi connectivity index (χ0) is 20.1. The summed E-state index contributed by atoms with van der Waals surface area (Å²) < 4.78 is 50.3. The maximum absolute atomic E-state index is 13.1. The fourth-order valence-corrected chi connectivity index (χ4v) is 3.29. The fourth-order valence-electron chi connectivity index (χ4n) is 3.29. The smallest absolute Gasteiger partial charge is 0.416 e. The number of carboxylic acids is 1. The van der Waals surface area contributed by atoms with Crippen LogP contribution < -0.4 is 9.47 Å². The van der Waals surface area contributed by atoms with Crippen LogP contribution in [0.5, 0.6) is 11.5 Å². The lowest BCUT2D eigenvalue weighted by molar-refractivity contribution is -0.137. The number of ether oxygens (including phenoxy) is 2. The summed E-state index contributed by atoms with van der Waals surface area (Å²) in [4.78, 5) is 16.4. The standard InChI is InChI=1S/C20H14F3NO4/c1-10-17(19(25)26)13-8-15-16(28-6-5-27-15)9-14(13)24-18(10)11-3-2-4-12(7-11)20(21,22)23/h2-4,7-9H,5-6H2,1H3,(H,25,26). The molecule has 2 heterocycles. The molecule has 0 atom stereocenters.